The third-order valence-electron chi connectivity index (χ3n) is 5.03. The molecule has 1 heterocycles. The highest BCUT2D eigenvalue weighted by atomic mass is 16.5. The molecule has 1 fully saturated rings. The number of carbonyl (C=O) groups is 2. The van der Waals surface area contributed by atoms with Crippen molar-refractivity contribution < 1.29 is 14.3 Å². The van der Waals surface area contributed by atoms with Crippen LogP contribution in [0, 0.1) is 11.3 Å². The summed E-state index contributed by atoms with van der Waals surface area (Å²) >= 11 is 0. The second-order valence-electron chi connectivity index (χ2n) is 7.10. The molecule has 1 N–H and O–H groups in total. The summed E-state index contributed by atoms with van der Waals surface area (Å²) in [6.45, 7) is 4.90. The van der Waals surface area contributed by atoms with Crippen molar-refractivity contribution in [3.63, 3.8) is 0 Å². The lowest BCUT2D eigenvalue weighted by Gasteiger charge is -2.36. The lowest BCUT2D eigenvalue weighted by atomic mass is 10.1. The van der Waals surface area contributed by atoms with E-state index in [2.05, 4.69) is 16.3 Å². The molecule has 0 aromatic heterocycles. The Hall–Kier alpha value is -3.53. The minimum Gasteiger partial charge on any atom is -0.462 e. The van der Waals surface area contributed by atoms with Crippen LogP contribution in [0.15, 0.2) is 48.5 Å². The largest absolute Gasteiger partial charge is 0.462 e. The Balaban J connectivity index is 1.51. The maximum absolute atomic E-state index is 12.6. The van der Waals surface area contributed by atoms with Crippen LogP contribution in [0.25, 0.3) is 0 Å². The highest BCUT2D eigenvalue weighted by molar-refractivity contribution is 5.92. The maximum Gasteiger partial charge on any atom is 0.338 e. The lowest BCUT2D eigenvalue weighted by Crippen LogP contribution is -2.50. The number of esters is 1. The quantitative estimate of drug-likeness (QED) is 0.581. The van der Waals surface area contributed by atoms with Gasteiger partial charge >= 0.3 is 12.0 Å². The minimum atomic E-state index is -0.352. The molecule has 30 heavy (non-hydrogen) atoms. The number of hydrogen-bond acceptors (Lipinski definition) is 5. The van der Waals surface area contributed by atoms with Gasteiger partial charge in [-0.15, -0.1) is 0 Å². The van der Waals surface area contributed by atoms with Gasteiger partial charge in [-0.1, -0.05) is 25.5 Å². The lowest BCUT2D eigenvalue weighted by molar-refractivity contribution is 0.0500. The van der Waals surface area contributed by atoms with Gasteiger partial charge in [0.1, 0.15) is 6.07 Å². The van der Waals surface area contributed by atoms with Crippen molar-refractivity contribution in [1.82, 2.24) is 4.90 Å². The van der Waals surface area contributed by atoms with Gasteiger partial charge in [0.15, 0.2) is 0 Å². The van der Waals surface area contributed by atoms with Gasteiger partial charge in [-0.2, -0.15) is 5.26 Å². The average molecular weight is 406 g/mol. The number of urea groups is 1. The predicted octanol–water partition coefficient (Wildman–Crippen LogP) is 3.87. The summed E-state index contributed by atoms with van der Waals surface area (Å²) < 4.78 is 5.19. The number of rotatable bonds is 6. The SMILES string of the molecule is CCCCOC(=O)c1ccc(NC(=O)N2CCN(c3ccccc3C#N)CC2)cc1. The number of nitriles is 1. The molecule has 1 saturated heterocycles. The number of benzene rings is 2. The predicted molar refractivity (Wildman–Crippen MR) is 116 cm³/mol. The number of carbonyl (C=O) groups excluding carboxylic acids is 2. The average Bonchev–Trinajstić information content (AvgIpc) is 2.79. The number of anilines is 2. The van der Waals surface area contributed by atoms with Crippen molar-refractivity contribution in [3.8, 4) is 6.07 Å². The zero-order chi connectivity index (χ0) is 21.3. The molecule has 7 heteroatoms. The summed E-state index contributed by atoms with van der Waals surface area (Å²) in [6.07, 6.45) is 1.81. The van der Waals surface area contributed by atoms with Crippen molar-refractivity contribution in [2.24, 2.45) is 0 Å². The molecule has 0 bridgehead atoms. The van der Waals surface area contributed by atoms with Crippen LogP contribution in [0.5, 0.6) is 0 Å². The summed E-state index contributed by atoms with van der Waals surface area (Å²) in [6, 6.07) is 16.3. The highest BCUT2D eigenvalue weighted by Crippen LogP contribution is 2.21. The van der Waals surface area contributed by atoms with Crippen LogP contribution in [-0.2, 0) is 4.74 Å². The van der Waals surface area contributed by atoms with E-state index in [9.17, 15) is 14.9 Å². The molecular formula is C23H26N4O3. The number of amides is 2. The zero-order valence-electron chi connectivity index (χ0n) is 17.1. The van der Waals surface area contributed by atoms with Gasteiger partial charge in [-0.25, -0.2) is 9.59 Å². The number of para-hydroxylation sites is 1. The van der Waals surface area contributed by atoms with Crippen LogP contribution in [0.1, 0.15) is 35.7 Å². The smallest absolute Gasteiger partial charge is 0.338 e. The first kappa shape index (κ1) is 21.2. The van der Waals surface area contributed by atoms with E-state index in [0.717, 1.165) is 18.5 Å². The molecule has 0 unspecified atom stereocenters. The fraction of sp³-hybridized carbons (Fsp3) is 0.348. The molecule has 0 spiro atoms. The Kier molecular flexibility index (Phi) is 7.28. The fourth-order valence-corrected chi connectivity index (χ4v) is 3.28. The van der Waals surface area contributed by atoms with Gasteiger partial charge in [-0.3, -0.25) is 0 Å². The third kappa shape index (κ3) is 5.29. The van der Waals surface area contributed by atoms with Crippen LogP contribution in [-0.4, -0.2) is 49.7 Å². The van der Waals surface area contributed by atoms with Crippen LogP contribution < -0.4 is 10.2 Å². The molecule has 0 aliphatic carbocycles. The molecule has 0 atom stereocenters. The third-order valence-corrected chi connectivity index (χ3v) is 5.03. The molecule has 0 radical (unpaired) electrons. The van der Waals surface area contributed by atoms with Crippen LogP contribution in [0.4, 0.5) is 16.2 Å². The fourth-order valence-electron chi connectivity index (χ4n) is 3.28. The van der Waals surface area contributed by atoms with Crippen molar-refractivity contribution >= 4 is 23.4 Å². The van der Waals surface area contributed by atoms with Gasteiger partial charge < -0.3 is 19.9 Å². The summed E-state index contributed by atoms with van der Waals surface area (Å²) in [5, 5.41) is 12.2. The Morgan fingerprint density at radius 3 is 2.43 bits per heavy atom. The number of hydrogen-bond donors (Lipinski definition) is 1. The number of unbranched alkanes of at least 4 members (excludes halogenated alkanes) is 1. The molecule has 1 aliphatic rings. The van der Waals surface area contributed by atoms with E-state index in [1.807, 2.05) is 25.1 Å². The van der Waals surface area contributed by atoms with Crippen LogP contribution >= 0.6 is 0 Å². The topological polar surface area (TPSA) is 85.7 Å². The van der Waals surface area contributed by atoms with Crippen molar-refractivity contribution in [1.29, 1.82) is 5.26 Å². The first-order valence-electron chi connectivity index (χ1n) is 10.2. The van der Waals surface area contributed by atoms with Crippen molar-refractivity contribution in [2.75, 3.05) is 43.0 Å². The molecule has 0 saturated carbocycles. The number of ether oxygens (including phenoxy) is 1. The van der Waals surface area contributed by atoms with Gasteiger partial charge in [-0.05, 0) is 42.8 Å². The first-order chi connectivity index (χ1) is 14.6. The Morgan fingerprint density at radius 2 is 1.77 bits per heavy atom. The van der Waals surface area contributed by atoms with E-state index in [4.69, 9.17) is 4.74 Å². The molecule has 3 rings (SSSR count). The normalized spacial score (nSPS) is 13.5. The second-order valence-corrected chi connectivity index (χ2v) is 7.10. The Labute approximate surface area is 176 Å². The van der Waals surface area contributed by atoms with E-state index in [1.165, 1.54) is 0 Å². The minimum absolute atomic E-state index is 0.179. The first-order valence-corrected chi connectivity index (χ1v) is 10.2. The summed E-state index contributed by atoms with van der Waals surface area (Å²) in [5.41, 5.74) is 2.64. The standard InChI is InChI=1S/C23H26N4O3/c1-2-3-16-30-22(28)18-8-10-20(11-9-18)25-23(29)27-14-12-26(13-15-27)21-7-5-4-6-19(21)17-24/h4-11H,2-3,12-16H2,1H3,(H,25,29). The molecule has 2 aromatic carbocycles. The van der Waals surface area contributed by atoms with Gasteiger partial charge in [0.2, 0.25) is 0 Å². The summed E-state index contributed by atoms with van der Waals surface area (Å²) in [4.78, 5) is 28.4. The van der Waals surface area contributed by atoms with Gasteiger partial charge in [0.05, 0.1) is 23.4 Å². The van der Waals surface area contributed by atoms with E-state index >= 15 is 0 Å². The Morgan fingerprint density at radius 1 is 1.07 bits per heavy atom. The van der Waals surface area contributed by atoms with E-state index in [1.54, 1.807) is 35.2 Å². The molecule has 156 valence electrons. The van der Waals surface area contributed by atoms with Crippen LogP contribution in [0.2, 0.25) is 0 Å². The molecular weight excluding hydrogens is 380 g/mol. The van der Waals surface area contributed by atoms with E-state index < -0.39 is 0 Å². The van der Waals surface area contributed by atoms with Gasteiger partial charge in [0, 0.05) is 31.9 Å². The van der Waals surface area contributed by atoms with Gasteiger partial charge in [0.25, 0.3) is 0 Å². The molecule has 2 aromatic rings. The highest BCUT2D eigenvalue weighted by Gasteiger charge is 2.22. The van der Waals surface area contributed by atoms with Crippen LogP contribution in [0.3, 0.4) is 0 Å². The number of piperazine rings is 1. The van der Waals surface area contributed by atoms with Crippen molar-refractivity contribution in [2.45, 2.75) is 19.8 Å². The summed E-state index contributed by atoms with van der Waals surface area (Å²) in [5.74, 6) is -0.352. The monoisotopic (exact) mass is 406 g/mol. The molecule has 7 nitrogen and oxygen atoms in total. The zero-order valence-corrected chi connectivity index (χ0v) is 17.1. The molecule has 2 amide bonds. The van der Waals surface area contributed by atoms with Crippen molar-refractivity contribution in [3.05, 3.63) is 59.7 Å². The summed E-state index contributed by atoms with van der Waals surface area (Å²) in [7, 11) is 0. The maximum atomic E-state index is 12.6. The van der Waals surface area contributed by atoms with E-state index in [0.29, 0.717) is 49.6 Å². The second kappa shape index (κ2) is 10.3. The Bertz CT molecular complexity index is 913. The molecule has 1 aliphatic heterocycles. The van der Waals surface area contributed by atoms with E-state index in [-0.39, 0.29) is 12.0 Å². The number of nitrogens with one attached hydrogen (secondary N) is 1. The number of nitrogens with zero attached hydrogens (tertiary/aromatic N) is 3.